The number of amides is 1. The minimum absolute atomic E-state index is 0.0531. The number of ether oxygens (including phenoxy) is 1. The van der Waals surface area contributed by atoms with Gasteiger partial charge in [-0.25, -0.2) is 4.79 Å². The molecule has 0 radical (unpaired) electrons. The quantitative estimate of drug-likeness (QED) is 0.650. The van der Waals surface area contributed by atoms with Crippen molar-refractivity contribution in [3.63, 3.8) is 0 Å². The molecule has 1 heterocycles. The van der Waals surface area contributed by atoms with Crippen molar-refractivity contribution >= 4 is 23.3 Å². The van der Waals surface area contributed by atoms with E-state index >= 15 is 0 Å². The first-order valence-corrected chi connectivity index (χ1v) is 8.99. The average molecular weight is 388 g/mol. The van der Waals surface area contributed by atoms with Crippen LogP contribution in [0, 0.1) is 11.3 Å². The second kappa shape index (κ2) is 8.31. The number of rotatable bonds is 5. The van der Waals surface area contributed by atoms with Gasteiger partial charge in [-0.2, -0.15) is 5.26 Å². The number of hydrogen-bond acceptors (Lipinski definition) is 5. The number of carbonyl (C=O) groups excluding carboxylic acids is 2. The third-order valence-corrected chi connectivity index (χ3v) is 4.60. The van der Waals surface area contributed by atoms with Crippen LogP contribution in [0.15, 0.2) is 54.7 Å². The number of benzene rings is 2. The number of nitrogens with two attached hydrogens (primary N) is 1. The lowest BCUT2D eigenvalue weighted by molar-refractivity contribution is 0.0593. The third-order valence-electron chi connectivity index (χ3n) is 4.60. The lowest BCUT2D eigenvalue weighted by Crippen LogP contribution is -2.14. The summed E-state index contributed by atoms with van der Waals surface area (Å²) < 4.78 is 6.25. The number of carbonyl (C=O) groups is 2. The summed E-state index contributed by atoms with van der Waals surface area (Å²) in [6, 6.07) is 16.2. The van der Waals surface area contributed by atoms with E-state index in [2.05, 4.69) is 5.32 Å². The standard InChI is InChI=1S/C22H20N4O3/c1-3-14-6-4-5-7-18(14)25-21(27)15-8-10-17(11-9-15)26-13-16(12-23)19(24)20(26)22(28)29-2/h4-11,13H,3,24H2,1-2H3,(H,25,27). The molecule has 0 saturated carbocycles. The van der Waals surface area contributed by atoms with E-state index in [1.165, 1.54) is 17.9 Å². The molecule has 3 aromatic rings. The second-order valence-electron chi connectivity index (χ2n) is 6.29. The number of nitrogens with one attached hydrogen (secondary N) is 1. The van der Waals surface area contributed by atoms with Crippen molar-refractivity contribution in [2.45, 2.75) is 13.3 Å². The molecule has 0 aliphatic rings. The highest BCUT2D eigenvalue weighted by Gasteiger charge is 2.21. The van der Waals surface area contributed by atoms with Gasteiger partial charge in [0.1, 0.15) is 6.07 Å². The van der Waals surface area contributed by atoms with Crippen molar-refractivity contribution in [1.82, 2.24) is 4.57 Å². The van der Waals surface area contributed by atoms with E-state index in [-0.39, 0.29) is 22.9 Å². The van der Waals surface area contributed by atoms with Crippen molar-refractivity contribution in [2.75, 3.05) is 18.2 Å². The van der Waals surface area contributed by atoms with Crippen molar-refractivity contribution in [3.05, 3.63) is 77.1 Å². The molecule has 29 heavy (non-hydrogen) atoms. The lowest BCUT2D eigenvalue weighted by atomic mass is 10.1. The number of anilines is 2. The number of hydrogen-bond donors (Lipinski definition) is 2. The van der Waals surface area contributed by atoms with Gasteiger partial charge in [0.25, 0.3) is 5.91 Å². The molecule has 0 atom stereocenters. The highest BCUT2D eigenvalue weighted by atomic mass is 16.5. The summed E-state index contributed by atoms with van der Waals surface area (Å²) in [5, 5.41) is 12.1. The summed E-state index contributed by atoms with van der Waals surface area (Å²) in [6.45, 7) is 2.02. The topological polar surface area (TPSA) is 110 Å². The van der Waals surface area contributed by atoms with Crippen LogP contribution in [0.3, 0.4) is 0 Å². The van der Waals surface area contributed by atoms with Gasteiger partial charge >= 0.3 is 5.97 Å². The van der Waals surface area contributed by atoms with Crippen LogP contribution < -0.4 is 11.1 Å². The van der Waals surface area contributed by atoms with E-state index in [1.807, 2.05) is 37.3 Å². The molecule has 0 aliphatic heterocycles. The van der Waals surface area contributed by atoms with Crippen LogP contribution in [-0.4, -0.2) is 23.6 Å². The molecule has 3 rings (SSSR count). The number of nitrogen functional groups attached to an aromatic ring is 1. The summed E-state index contributed by atoms with van der Waals surface area (Å²) >= 11 is 0. The molecule has 146 valence electrons. The molecule has 0 unspecified atom stereocenters. The Hall–Kier alpha value is -4.05. The van der Waals surface area contributed by atoms with E-state index in [0.29, 0.717) is 11.3 Å². The maximum atomic E-state index is 12.6. The van der Waals surface area contributed by atoms with Gasteiger partial charge in [-0.3, -0.25) is 4.79 Å². The molecule has 0 fully saturated rings. The smallest absolute Gasteiger partial charge is 0.357 e. The minimum atomic E-state index is -0.651. The van der Waals surface area contributed by atoms with Crippen LogP contribution in [0.25, 0.3) is 5.69 Å². The van der Waals surface area contributed by atoms with E-state index in [0.717, 1.165) is 17.7 Å². The highest BCUT2D eigenvalue weighted by Crippen LogP contribution is 2.25. The van der Waals surface area contributed by atoms with Crippen molar-refractivity contribution in [1.29, 1.82) is 5.26 Å². The Morgan fingerprint density at radius 3 is 2.48 bits per heavy atom. The molecule has 2 aromatic carbocycles. The number of nitrogens with zero attached hydrogens (tertiary/aromatic N) is 2. The molecule has 1 amide bonds. The predicted octanol–water partition coefficient (Wildman–Crippen LogP) is 3.53. The number of aromatic nitrogens is 1. The number of methoxy groups -OCH3 is 1. The maximum Gasteiger partial charge on any atom is 0.357 e. The summed E-state index contributed by atoms with van der Waals surface area (Å²) in [5.74, 6) is -0.891. The molecular weight excluding hydrogens is 368 g/mol. The van der Waals surface area contributed by atoms with Crippen molar-refractivity contribution in [2.24, 2.45) is 0 Å². The molecule has 0 spiro atoms. The molecule has 7 nitrogen and oxygen atoms in total. The third kappa shape index (κ3) is 3.82. The fourth-order valence-corrected chi connectivity index (χ4v) is 3.04. The average Bonchev–Trinajstić information content (AvgIpc) is 3.09. The van der Waals surface area contributed by atoms with E-state index in [1.54, 1.807) is 24.3 Å². The van der Waals surface area contributed by atoms with Crippen LogP contribution in [0.2, 0.25) is 0 Å². The largest absolute Gasteiger partial charge is 0.464 e. The fraction of sp³-hybridized carbons (Fsp3) is 0.136. The lowest BCUT2D eigenvalue weighted by Gasteiger charge is -2.11. The monoisotopic (exact) mass is 388 g/mol. The van der Waals surface area contributed by atoms with Crippen LogP contribution in [0.5, 0.6) is 0 Å². The highest BCUT2D eigenvalue weighted by molar-refractivity contribution is 6.04. The molecule has 7 heteroatoms. The van der Waals surface area contributed by atoms with Gasteiger partial charge < -0.3 is 20.4 Å². The number of aryl methyl sites for hydroxylation is 1. The Balaban J connectivity index is 1.90. The van der Waals surface area contributed by atoms with E-state index in [4.69, 9.17) is 10.5 Å². The van der Waals surface area contributed by atoms with Crippen molar-refractivity contribution in [3.8, 4) is 11.8 Å². The Kier molecular flexibility index (Phi) is 5.65. The van der Waals surface area contributed by atoms with Gasteiger partial charge in [-0.05, 0) is 42.3 Å². The predicted molar refractivity (Wildman–Crippen MR) is 110 cm³/mol. The molecule has 0 bridgehead atoms. The fourth-order valence-electron chi connectivity index (χ4n) is 3.04. The summed E-state index contributed by atoms with van der Waals surface area (Å²) in [7, 11) is 1.24. The Labute approximate surface area is 168 Å². The molecular formula is C22H20N4O3. The zero-order valence-electron chi connectivity index (χ0n) is 16.1. The van der Waals surface area contributed by atoms with Gasteiger partial charge in [0.15, 0.2) is 5.69 Å². The summed E-state index contributed by atoms with van der Waals surface area (Å²) in [4.78, 5) is 24.7. The van der Waals surface area contributed by atoms with Crippen LogP contribution in [0.1, 0.15) is 38.9 Å². The van der Waals surface area contributed by atoms with Gasteiger partial charge in [0, 0.05) is 23.1 Å². The Bertz CT molecular complexity index is 1110. The molecule has 1 aromatic heterocycles. The Morgan fingerprint density at radius 2 is 1.86 bits per heavy atom. The first-order valence-electron chi connectivity index (χ1n) is 8.99. The first kappa shape index (κ1) is 19.7. The number of esters is 1. The van der Waals surface area contributed by atoms with Gasteiger partial charge in [-0.15, -0.1) is 0 Å². The zero-order chi connectivity index (χ0) is 21.0. The SMILES string of the molecule is CCc1ccccc1NC(=O)c1ccc(-n2cc(C#N)c(N)c2C(=O)OC)cc1. The zero-order valence-corrected chi connectivity index (χ0v) is 16.1. The molecule has 0 aliphatic carbocycles. The van der Waals surface area contributed by atoms with Crippen LogP contribution >= 0.6 is 0 Å². The second-order valence-corrected chi connectivity index (χ2v) is 6.29. The first-order chi connectivity index (χ1) is 14.0. The van der Waals surface area contributed by atoms with Gasteiger partial charge in [-0.1, -0.05) is 25.1 Å². The summed E-state index contributed by atoms with van der Waals surface area (Å²) in [6.07, 6.45) is 2.27. The van der Waals surface area contributed by atoms with Crippen molar-refractivity contribution < 1.29 is 14.3 Å². The maximum absolute atomic E-state index is 12.6. The summed E-state index contributed by atoms with van der Waals surface area (Å²) in [5.41, 5.74) is 9.05. The molecule has 3 N–H and O–H groups in total. The number of nitriles is 1. The van der Waals surface area contributed by atoms with Gasteiger partial charge in [0.2, 0.25) is 0 Å². The molecule has 0 saturated heterocycles. The van der Waals surface area contributed by atoms with E-state index < -0.39 is 5.97 Å². The minimum Gasteiger partial charge on any atom is -0.464 e. The van der Waals surface area contributed by atoms with E-state index in [9.17, 15) is 14.9 Å². The normalized spacial score (nSPS) is 10.2. The van der Waals surface area contributed by atoms with Crippen LogP contribution in [0.4, 0.5) is 11.4 Å². The van der Waals surface area contributed by atoms with Gasteiger partial charge in [0.05, 0.1) is 18.4 Å². The Morgan fingerprint density at radius 1 is 1.17 bits per heavy atom. The number of para-hydroxylation sites is 1. The van der Waals surface area contributed by atoms with Crippen LogP contribution in [-0.2, 0) is 11.2 Å².